The number of amides is 1. The monoisotopic (exact) mass is 473 g/mol. The molecule has 1 aliphatic heterocycles. The van der Waals surface area contributed by atoms with Crippen molar-refractivity contribution in [3.63, 3.8) is 0 Å². The van der Waals surface area contributed by atoms with Crippen LogP contribution in [0.5, 0.6) is 0 Å². The van der Waals surface area contributed by atoms with Crippen molar-refractivity contribution in [3.05, 3.63) is 89.7 Å². The van der Waals surface area contributed by atoms with E-state index in [2.05, 4.69) is 15.2 Å². The minimum absolute atomic E-state index is 0.134. The molecule has 0 bridgehead atoms. The minimum atomic E-state index is -0.134. The number of benzene rings is 2. The summed E-state index contributed by atoms with van der Waals surface area (Å²) in [6.07, 6.45) is 3.82. The highest BCUT2D eigenvalue weighted by Gasteiger charge is 2.19. The number of nitrogens with one attached hydrogen (secondary N) is 1. The van der Waals surface area contributed by atoms with Crippen molar-refractivity contribution in [1.29, 1.82) is 0 Å². The molecule has 4 aromatic rings. The molecular weight excluding hydrogens is 450 g/mol. The van der Waals surface area contributed by atoms with E-state index in [1.54, 1.807) is 10.9 Å². The van der Waals surface area contributed by atoms with Gasteiger partial charge in [0.1, 0.15) is 0 Å². The summed E-state index contributed by atoms with van der Waals surface area (Å²) in [4.78, 5) is 19.8. The molecule has 0 aliphatic carbocycles. The molecule has 1 amide bonds. The Kier molecular flexibility index (Phi) is 6.56. The average molecular weight is 474 g/mol. The Morgan fingerprint density at radius 3 is 2.53 bits per heavy atom. The van der Waals surface area contributed by atoms with Crippen molar-refractivity contribution in [2.45, 2.75) is 6.42 Å². The number of aromatic nitrogens is 3. The fourth-order valence-corrected chi connectivity index (χ4v) is 4.12. The number of ether oxygens (including phenoxy) is 1. The summed E-state index contributed by atoms with van der Waals surface area (Å²) in [6.45, 7) is 2.77. The van der Waals surface area contributed by atoms with Crippen LogP contribution in [0.15, 0.2) is 79.1 Å². The van der Waals surface area contributed by atoms with Gasteiger partial charge in [-0.25, -0.2) is 9.67 Å². The molecule has 8 heteroatoms. The molecule has 2 aromatic carbocycles. The molecule has 7 nitrogen and oxygen atoms in total. The predicted octanol–water partition coefficient (Wildman–Crippen LogP) is 4.61. The van der Waals surface area contributed by atoms with E-state index in [0.29, 0.717) is 23.9 Å². The summed E-state index contributed by atoms with van der Waals surface area (Å²) in [5, 5.41) is 8.49. The van der Waals surface area contributed by atoms with Crippen LogP contribution in [0.4, 0.5) is 11.5 Å². The first-order chi connectivity index (χ1) is 16.7. The zero-order valence-electron chi connectivity index (χ0n) is 18.5. The lowest BCUT2D eigenvalue weighted by Gasteiger charge is -2.29. The summed E-state index contributed by atoms with van der Waals surface area (Å²) < 4.78 is 7.25. The maximum atomic E-state index is 13.2. The van der Waals surface area contributed by atoms with Crippen LogP contribution in [0.25, 0.3) is 16.9 Å². The summed E-state index contributed by atoms with van der Waals surface area (Å²) in [6, 6.07) is 21.0. The third kappa shape index (κ3) is 4.95. The normalized spacial score (nSPS) is 13.6. The molecule has 2 aromatic heterocycles. The van der Waals surface area contributed by atoms with Crippen LogP contribution in [0.1, 0.15) is 5.56 Å². The Balaban J connectivity index is 1.42. The number of carbonyl (C=O) groups is 1. The number of anilines is 2. The van der Waals surface area contributed by atoms with Crippen molar-refractivity contribution in [2.75, 3.05) is 36.5 Å². The number of morpholine rings is 1. The number of carbonyl (C=O) groups excluding carboxylic acids is 1. The van der Waals surface area contributed by atoms with Gasteiger partial charge < -0.3 is 15.0 Å². The second kappa shape index (κ2) is 10.1. The number of halogens is 1. The molecule has 34 heavy (non-hydrogen) atoms. The van der Waals surface area contributed by atoms with Gasteiger partial charge in [-0.2, -0.15) is 5.10 Å². The van der Waals surface area contributed by atoms with Gasteiger partial charge in [-0.05, 0) is 36.4 Å². The Labute approximate surface area is 203 Å². The first-order valence-electron chi connectivity index (χ1n) is 11.1. The maximum Gasteiger partial charge on any atom is 0.229 e. The summed E-state index contributed by atoms with van der Waals surface area (Å²) in [5.41, 5.74) is 4.08. The van der Waals surface area contributed by atoms with E-state index in [1.165, 1.54) is 0 Å². The molecule has 0 spiro atoms. The molecule has 3 heterocycles. The topological polar surface area (TPSA) is 72.3 Å². The second-order valence-electron chi connectivity index (χ2n) is 7.99. The van der Waals surface area contributed by atoms with Gasteiger partial charge in [0, 0.05) is 41.6 Å². The van der Waals surface area contributed by atoms with E-state index in [4.69, 9.17) is 21.4 Å². The Morgan fingerprint density at radius 2 is 1.76 bits per heavy atom. The quantitative estimate of drug-likeness (QED) is 0.443. The van der Waals surface area contributed by atoms with E-state index < -0.39 is 0 Å². The third-order valence-corrected chi connectivity index (χ3v) is 5.90. The van der Waals surface area contributed by atoms with Crippen LogP contribution in [-0.2, 0) is 16.0 Å². The largest absolute Gasteiger partial charge is 0.378 e. The molecule has 172 valence electrons. The van der Waals surface area contributed by atoms with E-state index in [0.717, 1.165) is 41.4 Å². The lowest BCUT2D eigenvalue weighted by atomic mass is 10.1. The van der Waals surface area contributed by atoms with E-state index in [1.807, 2.05) is 72.9 Å². The molecule has 1 N–H and O–H groups in total. The number of para-hydroxylation sites is 1. The molecule has 1 fully saturated rings. The van der Waals surface area contributed by atoms with Gasteiger partial charge in [-0.15, -0.1) is 0 Å². The van der Waals surface area contributed by atoms with Gasteiger partial charge in [-0.3, -0.25) is 4.79 Å². The van der Waals surface area contributed by atoms with Crippen LogP contribution in [-0.4, -0.2) is 47.0 Å². The average Bonchev–Trinajstić information content (AvgIpc) is 3.29. The Hall–Kier alpha value is -3.68. The summed E-state index contributed by atoms with van der Waals surface area (Å²) >= 11 is 6.09. The Bertz CT molecular complexity index is 1270. The van der Waals surface area contributed by atoms with Gasteiger partial charge in [0.2, 0.25) is 5.91 Å². The zero-order valence-corrected chi connectivity index (χ0v) is 19.3. The van der Waals surface area contributed by atoms with Crippen LogP contribution >= 0.6 is 11.6 Å². The molecule has 1 aliphatic rings. The van der Waals surface area contributed by atoms with Crippen LogP contribution in [0, 0.1) is 0 Å². The fraction of sp³-hybridized carbons (Fsp3) is 0.192. The maximum absolute atomic E-state index is 13.2. The highest BCUT2D eigenvalue weighted by atomic mass is 35.5. The number of rotatable bonds is 6. The zero-order chi connectivity index (χ0) is 23.3. The standard InChI is InChI=1S/C26H24ClN5O2/c27-21-10-8-19(9-11-21)25-20(18-32(30-25)22-5-2-1-3-6-22)17-24(33)29-23-7-4-12-28-26(23)31-13-15-34-16-14-31/h1-12,18H,13-17H2,(H,29,33). The number of hydrogen-bond donors (Lipinski definition) is 1. The molecule has 1 saturated heterocycles. The van der Waals surface area contributed by atoms with Crippen molar-refractivity contribution < 1.29 is 9.53 Å². The number of nitrogens with zero attached hydrogens (tertiary/aromatic N) is 4. The lowest BCUT2D eigenvalue weighted by Crippen LogP contribution is -2.37. The molecule has 0 radical (unpaired) electrons. The van der Waals surface area contributed by atoms with E-state index in [9.17, 15) is 4.79 Å². The van der Waals surface area contributed by atoms with Gasteiger partial charge in [0.05, 0.1) is 36.7 Å². The SMILES string of the molecule is O=C(Cc1cn(-c2ccccc2)nc1-c1ccc(Cl)cc1)Nc1cccnc1N1CCOCC1. The van der Waals surface area contributed by atoms with Crippen molar-refractivity contribution in [1.82, 2.24) is 14.8 Å². The number of hydrogen-bond acceptors (Lipinski definition) is 5. The van der Waals surface area contributed by atoms with Crippen molar-refractivity contribution in [3.8, 4) is 16.9 Å². The minimum Gasteiger partial charge on any atom is -0.378 e. The Morgan fingerprint density at radius 1 is 1.00 bits per heavy atom. The van der Waals surface area contributed by atoms with Crippen molar-refractivity contribution in [2.24, 2.45) is 0 Å². The van der Waals surface area contributed by atoms with E-state index >= 15 is 0 Å². The molecule has 0 atom stereocenters. The first-order valence-corrected chi connectivity index (χ1v) is 11.5. The summed E-state index contributed by atoms with van der Waals surface area (Å²) in [5.74, 6) is 0.627. The second-order valence-corrected chi connectivity index (χ2v) is 8.43. The van der Waals surface area contributed by atoms with E-state index in [-0.39, 0.29) is 12.3 Å². The first kappa shape index (κ1) is 22.1. The fourth-order valence-electron chi connectivity index (χ4n) is 3.99. The van der Waals surface area contributed by atoms with Crippen LogP contribution < -0.4 is 10.2 Å². The molecular formula is C26H24ClN5O2. The number of pyridine rings is 1. The highest BCUT2D eigenvalue weighted by Crippen LogP contribution is 2.27. The smallest absolute Gasteiger partial charge is 0.229 e. The van der Waals surface area contributed by atoms with Gasteiger partial charge in [-0.1, -0.05) is 41.9 Å². The summed E-state index contributed by atoms with van der Waals surface area (Å²) in [7, 11) is 0. The third-order valence-electron chi connectivity index (χ3n) is 5.65. The van der Waals surface area contributed by atoms with Gasteiger partial charge in [0.15, 0.2) is 5.82 Å². The van der Waals surface area contributed by atoms with Gasteiger partial charge in [0.25, 0.3) is 0 Å². The molecule has 0 unspecified atom stereocenters. The molecule has 5 rings (SSSR count). The van der Waals surface area contributed by atoms with Crippen LogP contribution in [0.2, 0.25) is 5.02 Å². The van der Waals surface area contributed by atoms with Gasteiger partial charge >= 0.3 is 0 Å². The lowest BCUT2D eigenvalue weighted by molar-refractivity contribution is -0.115. The predicted molar refractivity (Wildman–Crippen MR) is 134 cm³/mol. The molecule has 0 saturated carbocycles. The van der Waals surface area contributed by atoms with Crippen molar-refractivity contribution >= 4 is 29.0 Å². The van der Waals surface area contributed by atoms with Crippen LogP contribution in [0.3, 0.4) is 0 Å². The highest BCUT2D eigenvalue weighted by molar-refractivity contribution is 6.30.